The average molecular weight is 972 g/mol. The van der Waals surface area contributed by atoms with Crippen LogP contribution in [0.4, 0.5) is 4.79 Å². The largest absolute Gasteiger partial charge is 1.00 e. The Bertz CT molecular complexity index is 1850. The summed E-state index contributed by atoms with van der Waals surface area (Å²) in [6, 6.07) is 9.41. The third-order valence-electron chi connectivity index (χ3n) is 11.6. The van der Waals surface area contributed by atoms with Crippen molar-refractivity contribution in [2.75, 3.05) is 72.1 Å². The first-order valence-electron chi connectivity index (χ1n) is 20.0. The number of carbonyl (C=O) groups is 9. The summed E-state index contributed by atoms with van der Waals surface area (Å²) in [6.45, 7) is 9.67. The molecule has 6 aliphatic heterocycles. The average Bonchev–Trinajstić information content (AvgIpc) is 3.97. The molecule has 1 aromatic carbocycles. The van der Waals surface area contributed by atoms with Crippen LogP contribution in [0.25, 0.3) is 0 Å². The molecule has 6 heterocycles. The minimum atomic E-state index is -1.02. The van der Waals surface area contributed by atoms with Crippen LogP contribution in [0.5, 0.6) is 0 Å². The van der Waals surface area contributed by atoms with Crippen LogP contribution in [0, 0.1) is 7.43 Å². The predicted octanol–water partition coefficient (Wildman–Crippen LogP) is -2.09. The summed E-state index contributed by atoms with van der Waals surface area (Å²) in [5.41, 5.74) is -1.34. The van der Waals surface area contributed by atoms with Gasteiger partial charge in [-0.25, -0.2) is 4.79 Å². The summed E-state index contributed by atoms with van der Waals surface area (Å²) in [5, 5.41) is 8.60. The Balaban J connectivity index is 0.000000471. The van der Waals surface area contributed by atoms with Crippen LogP contribution in [0.2, 0.25) is 0 Å². The number of hydrogen-bond acceptors (Lipinski definition) is 13. The molecule has 0 saturated carbocycles. The maximum atomic E-state index is 12.6. The van der Waals surface area contributed by atoms with E-state index in [2.05, 4.69) is 0 Å². The van der Waals surface area contributed by atoms with Gasteiger partial charge >= 0.3 is 42.9 Å². The summed E-state index contributed by atoms with van der Waals surface area (Å²) < 4.78 is 15.1. The van der Waals surface area contributed by atoms with Crippen molar-refractivity contribution in [2.45, 2.75) is 89.4 Å². The van der Waals surface area contributed by atoms with E-state index in [0.29, 0.717) is 65.1 Å². The van der Waals surface area contributed by atoms with Gasteiger partial charge in [0.05, 0.1) is 32.8 Å². The van der Waals surface area contributed by atoms with Crippen molar-refractivity contribution in [3.63, 3.8) is 0 Å². The number of benzene rings is 1. The van der Waals surface area contributed by atoms with E-state index in [0.717, 1.165) is 24.8 Å². The molecule has 348 valence electrons. The van der Waals surface area contributed by atoms with Crippen LogP contribution < -0.4 is 18.9 Å². The molecular formula is C41H58LiN6O14Pd-. The van der Waals surface area contributed by atoms with E-state index >= 15 is 0 Å². The normalized spacial score (nSPS) is 23.5. The van der Waals surface area contributed by atoms with Gasteiger partial charge in [-0.15, -0.1) is 0 Å². The third kappa shape index (κ3) is 11.8. The fourth-order valence-electron chi connectivity index (χ4n) is 9.02. The Morgan fingerprint density at radius 2 is 0.984 bits per heavy atom. The van der Waals surface area contributed by atoms with Gasteiger partial charge in [0.1, 0.15) is 42.9 Å². The van der Waals surface area contributed by atoms with E-state index in [1.165, 1.54) is 33.4 Å². The number of hydrogen-bond donors (Lipinski definition) is 1. The van der Waals surface area contributed by atoms with Crippen molar-refractivity contribution < 1.29 is 107 Å². The van der Waals surface area contributed by atoms with Crippen molar-refractivity contribution in [3.8, 4) is 0 Å². The molecule has 6 amide bonds. The number of β-lactam (4-membered cyclic amide) rings is 3. The summed E-state index contributed by atoms with van der Waals surface area (Å²) in [7, 11) is 0. The molecule has 3 spiro atoms. The number of rotatable bonds is 10. The van der Waals surface area contributed by atoms with Crippen molar-refractivity contribution in [2.24, 2.45) is 0 Å². The molecule has 6 fully saturated rings. The first-order valence-corrected chi connectivity index (χ1v) is 20.0. The van der Waals surface area contributed by atoms with E-state index in [9.17, 15) is 43.2 Å². The second kappa shape index (κ2) is 24.0. The maximum Gasteiger partial charge on any atom is 1.00 e. The molecule has 3 atom stereocenters. The number of likely N-dealkylation sites (tertiary alicyclic amines) is 6. The Labute approximate surface area is 393 Å². The molecule has 0 aliphatic carbocycles. The fraction of sp³-hybridized carbons (Fsp3) is 0.610. The van der Waals surface area contributed by atoms with Crippen molar-refractivity contribution in [3.05, 3.63) is 43.3 Å². The summed E-state index contributed by atoms with van der Waals surface area (Å²) >= 11 is 0. The number of carboxylic acids is 1. The molecule has 22 heteroatoms. The summed E-state index contributed by atoms with van der Waals surface area (Å²) in [4.78, 5) is 114. The molecule has 20 nitrogen and oxygen atoms in total. The van der Waals surface area contributed by atoms with E-state index < -0.39 is 40.6 Å². The van der Waals surface area contributed by atoms with Crippen molar-refractivity contribution in [1.82, 2.24) is 29.4 Å². The Morgan fingerprint density at radius 3 is 1.33 bits per heavy atom. The zero-order valence-corrected chi connectivity index (χ0v) is 38.5. The molecule has 1 aromatic rings. The zero-order chi connectivity index (χ0) is 43.1. The molecule has 0 radical (unpaired) electrons. The van der Waals surface area contributed by atoms with Gasteiger partial charge in [-0.3, -0.25) is 43.3 Å². The van der Waals surface area contributed by atoms with Gasteiger partial charge in [0, 0.05) is 53.9 Å². The van der Waals surface area contributed by atoms with E-state index in [-0.39, 0.29) is 115 Å². The number of amides is 6. The quantitative estimate of drug-likeness (QED) is 0.0869. The van der Waals surface area contributed by atoms with E-state index in [4.69, 9.17) is 19.3 Å². The second-order valence-electron chi connectivity index (χ2n) is 15.4. The first-order chi connectivity index (χ1) is 28.0. The molecule has 0 aromatic heterocycles. The number of ether oxygens (including phenoxy) is 3. The molecule has 6 saturated heterocycles. The molecule has 63 heavy (non-hydrogen) atoms. The molecular weight excluding hydrogens is 914 g/mol. The summed E-state index contributed by atoms with van der Waals surface area (Å²) in [5.74, 6) is -2.57. The number of carbonyl (C=O) groups excluding carboxylic acids is 8. The predicted molar refractivity (Wildman–Crippen MR) is 213 cm³/mol. The number of nitrogens with zero attached hydrogens (tertiary/aromatic N) is 6. The molecule has 7 rings (SSSR count). The van der Waals surface area contributed by atoms with Gasteiger partial charge in [0.15, 0.2) is 0 Å². The zero-order valence-electron chi connectivity index (χ0n) is 36.9. The molecule has 3 unspecified atom stereocenters. The van der Waals surface area contributed by atoms with Crippen LogP contribution in [0.15, 0.2) is 30.3 Å². The van der Waals surface area contributed by atoms with Crippen molar-refractivity contribution >= 4 is 53.5 Å². The fourth-order valence-corrected chi connectivity index (χ4v) is 9.02. The van der Waals surface area contributed by atoms with Gasteiger partial charge in [0.2, 0.25) is 11.8 Å². The van der Waals surface area contributed by atoms with Gasteiger partial charge in [-0.05, 0) is 57.9 Å². The summed E-state index contributed by atoms with van der Waals surface area (Å²) in [6.07, 6.45) is 3.88. The Hall–Kier alpha value is -4.53. The van der Waals surface area contributed by atoms with Crippen LogP contribution in [0.3, 0.4) is 0 Å². The minimum Gasteiger partial charge on any atom is -0.870 e. The van der Waals surface area contributed by atoms with Gasteiger partial charge in [-0.2, -0.15) is 0 Å². The van der Waals surface area contributed by atoms with Crippen LogP contribution in [-0.2, 0) is 79.6 Å². The standard InChI is InChI=1S/C18H22N2O5.C12H18N2O4.C10H14N2O4.CH3.Li.H2O.Pd/c1-2-24-15(21)11-19-13-18(16(19)22)9-6-10-20(18)17(23)25-12-14-7-4-3-5-8-14;1-3-18-10(16)7-13-8-12(11(13)17)5-4-6-14(12)9(2)15;1-7(13)12-4-2-3-10(12)6-11(9(10)16)5-8(14)15;;;;/h3-5,7-8H,2,6,9-13H2,1H3;3-8H2,1-2H3;2-6H2,1H3,(H,14,15);1H3;;1H2;/q;;;-1;+1;;/p-1. The monoisotopic (exact) mass is 971 g/mol. The molecule has 0 bridgehead atoms. The minimum absolute atomic E-state index is 0. The van der Waals surface area contributed by atoms with E-state index in [1.807, 2.05) is 30.3 Å². The SMILES string of the molecule is CC(=O)N1CCCC12CN(CC(=O)O)C2=O.CCOC(=O)CN1CC2(CCCN2C(=O)OCc2ccccc2)C1=O.CCOC(=O)CN1CC2(CCCN2C(C)=O)C1=O.[CH3-].[Li+].[OH-].[Pd]. The maximum absolute atomic E-state index is 12.6. The van der Waals surface area contributed by atoms with Crippen LogP contribution in [0.1, 0.15) is 71.8 Å². The number of carboxylic acid groups (broad SMARTS) is 1. The van der Waals surface area contributed by atoms with Crippen LogP contribution in [-0.4, -0.2) is 182 Å². The van der Waals surface area contributed by atoms with Gasteiger partial charge in [0.25, 0.3) is 17.7 Å². The first kappa shape index (κ1) is 56.5. The Kier molecular flexibility index (Phi) is 21.5. The molecule has 2 N–H and O–H groups in total. The smallest absolute Gasteiger partial charge is 0.870 e. The van der Waals surface area contributed by atoms with Crippen LogP contribution >= 0.6 is 0 Å². The molecule has 6 aliphatic rings. The third-order valence-corrected chi connectivity index (χ3v) is 11.6. The van der Waals surface area contributed by atoms with Gasteiger partial charge in [-0.1, -0.05) is 30.3 Å². The second-order valence-corrected chi connectivity index (χ2v) is 15.4. The number of esters is 2. The number of aliphatic carboxylic acids is 1. The van der Waals surface area contributed by atoms with E-state index in [1.54, 1.807) is 23.6 Å². The Morgan fingerprint density at radius 1 is 0.619 bits per heavy atom. The van der Waals surface area contributed by atoms with Crippen molar-refractivity contribution in [1.29, 1.82) is 0 Å². The topological polar surface area (TPSA) is 251 Å². The van der Waals surface area contributed by atoms with Gasteiger partial charge < -0.3 is 56.7 Å².